The van der Waals surface area contributed by atoms with Gasteiger partial charge in [0.2, 0.25) is 11.8 Å². The van der Waals surface area contributed by atoms with Gasteiger partial charge < -0.3 is 19.9 Å². The Morgan fingerprint density at radius 1 is 1.02 bits per heavy atom. The molecule has 4 atom stereocenters. The van der Waals surface area contributed by atoms with Gasteiger partial charge in [-0.15, -0.1) is 0 Å². The average Bonchev–Trinajstić information content (AvgIpc) is 3.71. The van der Waals surface area contributed by atoms with Gasteiger partial charge in [0.15, 0.2) is 0 Å². The number of imide groups is 1. The Morgan fingerprint density at radius 3 is 2.46 bits per heavy atom. The first-order chi connectivity index (χ1) is 22.1. The van der Waals surface area contributed by atoms with Crippen LogP contribution < -0.4 is 26.2 Å². The number of likely N-dealkylation sites (N-methyl/N-ethyl adjacent to an activating group) is 1. The number of fused-ring (bicyclic) bond motifs is 1. The number of ether oxygens (including phenoxy) is 1. The molecule has 2 aromatic carbocycles. The first-order valence-corrected chi connectivity index (χ1v) is 16.3. The van der Waals surface area contributed by atoms with Crippen LogP contribution in [0.1, 0.15) is 52.6 Å². The van der Waals surface area contributed by atoms with Gasteiger partial charge in [-0.05, 0) is 77.1 Å². The van der Waals surface area contributed by atoms with E-state index >= 15 is 0 Å². The molecule has 3 amide bonds. The van der Waals surface area contributed by atoms with Crippen molar-refractivity contribution in [1.29, 1.82) is 0 Å². The van der Waals surface area contributed by atoms with Crippen molar-refractivity contribution < 1.29 is 19.1 Å². The molecule has 5 heterocycles. The predicted molar refractivity (Wildman–Crippen MR) is 174 cm³/mol. The molecule has 3 aromatic rings. The van der Waals surface area contributed by atoms with Crippen LogP contribution in [0.3, 0.4) is 0 Å². The largest absolute Gasteiger partial charge is 0.487 e. The van der Waals surface area contributed by atoms with Crippen molar-refractivity contribution in [1.82, 2.24) is 30.2 Å². The van der Waals surface area contributed by atoms with Gasteiger partial charge in [-0.2, -0.15) is 5.10 Å². The van der Waals surface area contributed by atoms with Crippen LogP contribution in [0.15, 0.2) is 64.0 Å². The first kappa shape index (κ1) is 30.6. The lowest BCUT2D eigenvalue weighted by Crippen LogP contribution is -2.56. The zero-order valence-corrected chi connectivity index (χ0v) is 27.2. The molecule has 240 valence electrons. The van der Waals surface area contributed by atoms with Gasteiger partial charge in [0, 0.05) is 38.2 Å². The fourth-order valence-corrected chi connectivity index (χ4v) is 7.35. The minimum absolute atomic E-state index is 0.0159. The highest BCUT2D eigenvalue weighted by atomic mass is 79.9. The van der Waals surface area contributed by atoms with E-state index in [1.54, 1.807) is 18.1 Å². The maximum Gasteiger partial charge on any atom is 0.282 e. The van der Waals surface area contributed by atoms with E-state index in [4.69, 9.17) is 4.74 Å². The van der Waals surface area contributed by atoms with Gasteiger partial charge in [0.1, 0.15) is 22.0 Å². The number of piperidine rings is 1. The quantitative estimate of drug-likeness (QED) is 0.251. The van der Waals surface area contributed by atoms with E-state index < -0.39 is 0 Å². The predicted octanol–water partition coefficient (Wildman–Crippen LogP) is 2.17. The van der Waals surface area contributed by atoms with E-state index in [2.05, 4.69) is 61.1 Å². The molecule has 0 saturated carbocycles. The number of benzene rings is 2. The topological polar surface area (TPSA) is 148 Å². The van der Waals surface area contributed by atoms with Crippen LogP contribution in [0.5, 0.6) is 5.75 Å². The number of amides is 3. The molecule has 0 bridgehead atoms. The summed E-state index contributed by atoms with van der Waals surface area (Å²) >= 11 is 3.42. The molecule has 4 aliphatic heterocycles. The van der Waals surface area contributed by atoms with Crippen molar-refractivity contribution in [3.63, 3.8) is 0 Å². The van der Waals surface area contributed by atoms with E-state index in [9.17, 15) is 19.2 Å². The molecule has 4 aliphatic rings. The number of hydrogen-bond donors (Lipinski definition) is 3. The summed E-state index contributed by atoms with van der Waals surface area (Å²) < 4.78 is 7.83. The van der Waals surface area contributed by atoms with Gasteiger partial charge in [-0.3, -0.25) is 29.8 Å². The third-order valence-corrected chi connectivity index (χ3v) is 10.3. The standard InChI is InChI=1S/C33H36BrN7O5/c1-39-15-22(13-27-33(18-39,38-27)37-26-14-35-40(2)32(45)29(26)34)19-3-5-21(6-4-19)31(44)41-16-24(17-41)46-23-9-7-20(8-10-23)25-11-12-28(42)36-30(25)43/h3-10,14,22,24-25,27,37-38H,11-13,15-18H2,1-2H3,(H,36,42,43)/t22-,25?,27?,33-/m0/s1. The molecule has 46 heavy (non-hydrogen) atoms. The number of carbonyl (C=O) groups is 3. The zero-order chi connectivity index (χ0) is 32.2. The number of nitrogens with zero attached hydrogens (tertiary/aromatic N) is 4. The lowest BCUT2D eigenvalue weighted by Gasteiger charge is -2.39. The van der Waals surface area contributed by atoms with E-state index in [1.165, 1.54) is 10.2 Å². The number of hydrogen-bond acceptors (Lipinski definition) is 9. The Labute approximate surface area is 274 Å². The second-order valence-electron chi connectivity index (χ2n) is 12.9. The summed E-state index contributed by atoms with van der Waals surface area (Å²) in [5.41, 5.74) is 2.86. The Morgan fingerprint density at radius 2 is 1.74 bits per heavy atom. The van der Waals surface area contributed by atoms with E-state index in [1.807, 2.05) is 36.4 Å². The molecule has 4 saturated heterocycles. The fraction of sp³-hybridized carbons (Fsp3) is 0.424. The SMILES string of the molecule is CN1C[C@@H](c2ccc(C(=O)N3CC(Oc4ccc(C5CCC(=O)NC5=O)cc4)C3)cc2)CC2N[C@@]2(Nc2cnn(C)c(=O)c2Br)C1. The Balaban J connectivity index is 0.919. The molecule has 12 nitrogen and oxygen atoms in total. The van der Waals surface area contributed by atoms with Crippen molar-refractivity contribution in [2.45, 2.75) is 48.9 Å². The molecule has 13 heteroatoms. The van der Waals surface area contributed by atoms with Crippen molar-refractivity contribution in [3.8, 4) is 5.75 Å². The van der Waals surface area contributed by atoms with E-state index in [0.717, 1.165) is 25.1 Å². The molecular formula is C33H36BrN7O5. The molecule has 3 N–H and O–H groups in total. The highest BCUT2D eigenvalue weighted by molar-refractivity contribution is 9.10. The van der Waals surface area contributed by atoms with Crippen LogP contribution in [0.4, 0.5) is 5.69 Å². The Bertz CT molecular complexity index is 1740. The smallest absolute Gasteiger partial charge is 0.282 e. The average molecular weight is 691 g/mol. The Kier molecular flexibility index (Phi) is 7.94. The van der Waals surface area contributed by atoms with Crippen molar-refractivity contribution in [3.05, 3.63) is 86.2 Å². The normalized spacial score (nSPS) is 26.4. The van der Waals surface area contributed by atoms with Gasteiger partial charge in [0.25, 0.3) is 11.5 Å². The highest BCUT2D eigenvalue weighted by Gasteiger charge is 2.56. The molecule has 0 radical (unpaired) electrons. The number of aromatic nitrogens is 2. The number of aryl methyl sites for hydroxylation is 1. The number of nitrogens with one attached hydrogen (secondary N) is 3. The zero-order valence-electron chi connectivity index (χ0n) is 25.7. The lowest BCUT2D eigenvalue weighted by molar-refractivity contribution is -0.134. The molecule has 0 spiro atoms. The summed E-state index contributed by atoms with van der Waals surface area (Å²) in [6.07, 6.45) is 3.34. The van der Waals surface area contributed by atoms with Gasteiger partial charge in [-0.25, -0.2) is 4.68 Å². The first-order valence-electron chi connectivity index (χ1n) is 15.5. The summed E-state index contributed by atoms with van der Waals surface area (Å²) in [4.78, 5) is 53.2. The van der Waals surface area contributed by atoms with Crippen LogP contribution in [-0.2, 0) is 16.6 Å². The van der Waals surface area contributed by atoms with Crippen LogP contribution in [-0.4, -0.2) is 88.3 Å². The number of rotatable bonds is 7. The highest BCUT2D eigenvalue weighted by Crippen LogP contribution is 2.40. The molecule has 1 aromatic heterocycles. The number of carbonyl (C=O) groups excluding carboxylic acids is 3. The maximum absolute atomic E-state index is 13.2. The third kappa shape index (κ3) is 5.94. The third-order valence-electron chi connectivity index (χ3n) is 9.54. The monoisotopic (exact) mass is 689 g/mol. The van der Waals surface area contributed by atoms with Crippen LogP contribution in [0, 0.1) is 0 Å². The molecule has 4 fully saturated rings. The number of anilines is 1. The number of halogens is 1. The van der Waals surface area contributed by atoms with Crippen molar-refractivity contribution in [2.24, 2.45) is 7.05 Å². The molecule has 2 unspecified atom stereocenters. The summed E-state index contributed by atoms with van der Waals surface area (Å²) in [6, 6.07) is 15.6. The van der Waals surface area contributed by atoms with E-state index in [0.29, 0.717) is 47.4 Å². The summed E-state index contributed by atoms with van der Waals surface area (Å²) in [6.45, 7) is 2.66. The molecule has 0 aliphatic carbocycles. The van der Waals surface area contributed by atoms with Crippen LogP contribution in [0.2, 0.25) is 0 Å². The minimum atomic E-state index is -0.332. The maximum atomic E-state index is 13.2. The molecular weight excluding hydrogens is 654 g/mol. The number of likely N-dealkylation sites (tertiary alicyclic amines) is 2. The van der Waals surface area contributed by atoms with E-state index in [-0.39, 0.29) is 52.9 Å². The fourth-order valence-electron chi connectivity index (χ4n) is 6.89. The second-order valence-corrected chi connectivity index (χ2v) is 13.7. The Hall–Kier alpha value is -4.07. The van der Waals surface area contributed by atoms with Crippen LogP contribution >= 0.6 is 15.9 Å². The summed E-state index contributed by atoms with van der Waals surface area (Å²) in [5, 5.41) is 13.7. The van der Waals surface area contributed by atoms with Gasteiger partial charge in [-0.1, -0.05) is 24.3 Å². The summed E-state index contributed by atoms with van der Waals surface area (Å²) in [7, 11) is 3.73. The van der Waals surface area contributed by atoms with Crippen molar-refractivity contribution >= 4 is 39.3 Å². The molecule has 7 rings (SSSR count). The van der Waals surface area contributed by atoms with Gasteiger partial charge in [0.05, 0.1) is 30.9 Å². The lowest BCUT2D eigenvalue weighted by atomic mass is 9.90. The van der Waals surface area contributed by atoms with Crippen LogP contribution in [0.25, 0.3) is 0 Å². The summed E-state index contributed by atoms with van der Waals surface area (Å²) in [5.74, 6) is 0.146. The van der Waals surface area contributed by atoms with Crippen molar-refractivity contribution in [2.75, 3.05) is 38.5 Å². The second kappa shape index (κ2) is 11.9. The minimum Gasteiger partial charge on any atom is -0.487 e. The van der Waals surface area contributed by atoms with Gasteiger partial charge >= 0.3 is 0 Å².